The first-order valence-corrected chi connectivity index (χ1v) is 9.61. The van der Waals surface area contributed by atoms with Crippen LogP contribution in [0.5, 0.6) is 0 Å². The standard InChI is InChI=1S/C24H18FN5/c25-15-17-10-4-5-11-18(17)23-26-20-13-7-6-12-19(20)24(28-23)27-22-14-21(29-30-22)16-8-2-1-3-9-16/h1-14H,15H2,(H2,26,27,28,29,30). The van der Waals surface area contributed by atoms with Gasteiger partial charge in [0.15, 0.2) is 11.6 Å². The molecule has 0 amide bonds. The second-order valence-corrected chi connectivity index (χ2v) is 6.86. The molecule has 30 heavy (non-hydrogen) atoms. The van der Waals surface area contributed by atoms with E-state index in [9.17, 15) is 4.39 Å². The summed E-state index contributed by atoms with van der Waals surface area (Å²) >= 11 is 0. The van der Waals surface area contributed by atoms with Crippen molar-refractivity contribution in [3.05, 3.63) is 90.5 Å². The van der Waals surface area contributed by atoms with Crippen LogP contribution in [0.25, 0.3) is 33.5 Å². The Morgan fingerprint density at radius 2 is 1.60 bits per heavy atom. The lowest BCUT2D eigenvalue weighted by Gasteiger charge is -2.11. The molecule has 6 heteroatoms. The lowest BCUT2D eigenvalue weighted by molar-refractivity contribution is 0.486. The number of halogens is 1. The highest BCUT2D eigenvalue weighted by Crippen LogP contribution is 2.29. The fraction of sp³-hybridized carbons (Fsp3) is 0.0417. The molecule has 0 spiro atoms. The van der Waals surface area contributed by atoms with Crippen LogP contribution in [-0.4, -0.2) is 20.2 Å². The molecule has 5 rings (SSSR count). The van der Waals surface area contributed by atoms with Crippen molar-refractivity contribution in [3.63, 3.8) is 0 Å². The fourth-order valence-corrected chi connectivity index (χ4v) is 3.42. The molecule has 0 unspecified atom stereocenters. The maximum atomic E-state index is 13.5. The molecule has 146 valence electrons. The fourth-order valence-electron chi connectivity index (χ4n) is 3.42. The maximum Gasteiger partial charge on any atom is 0.162 e. The van der Waals surface area contributed by atoms with E-state index < -0.39 is 6.67 Å². The van der Waals surface area contributed by atoms with Crippen molar-refractivity contribution in [2.24, 2.45) is 0 Å². The molecule has 5 nitrogen and oxygen atoms in total. The van der Waals surface area contributed by atoms with E-state index in [1.54, 1.807) is 6.07 Å². The van der Waals surface area contributed by atoms with Crippen LogP contribution < -0.4 is 5.32 Å². The lowest BCUT2D eigenvalue weighted by Crippen LogP contribution is -2.00. The molecular formula is C24H18FN5. The van der Waals surface area contributed by atoms with Gasteiger partial charge in [-0.15, -0.1) is 0 Å². The Bertz CT molecular complexity index is 1310. The normalized spacial score (nSPS) is 11.0. The zero-order valence-corrected chi connectivity index (χ0v) is 16.0. The summed E-state index contributed by atoms with van der Waals surface area (Å²) in [7, 11) is 0. The van der Waals surface area contributed by atoms with E-state index in [-0.39, 0.29) is 0 Å². The molecule has 2 aromatic heterocycles. The number of rotatable bonds is 5. The SMILES string of the molecule is FCc1ccccc1-c1nc(Nc2cc(-c3ccccc3)[nH]n2)c2ccccc2n1. The molecule has 2 N–H and O–H groups in total. The average Bonchev–Trinajstić information content (AvgIpc) is 3.28. The Morgan fingerprint density at radius 1 is 0.833 bits per heavy atom. The number of alkyl halides is 1. The highest BCUT2D eigenvalue weighted by molar-refractivity contribution is 5.92. The molecule has 0 bridgehead atoms. The van der Waals surface area contributed by atoms with Crippen LogP contribution in [0, 0.1) is 0 Å². The third kappa shape index (κ3) is 3.39. The number of hydrogen-bond acceptors (Lipinski definition) is 4. The molecule has 5 aromatic rings. The first-order valence-electron chi connectivity index (χ1n) is 9.61. The van der Waals surface area contributed by atoms with Gasteiger partial charge in [0, 0.05) is 17.0 Å². The Balaban J connectivity index is 1.58. The van der Waals surface area contributed by atoms with Gasteiger partial charge in [-0.2, -0.15) is 5.10 Å². The summed E-state index contributed by atoms with van der Waals surface area (Å²) in [6.07, 6.45) is 0. The second kappa shape index (κ2) is 7.75. The number of nitrogens with zero attached hydrogens (tertiary/aromatic N) is 3. The first-order chi connectivity index (χ1) is 14.8. The molecule has 0 aliphatic carbocycles. The highest BCUT2D eigenvalue weighted by atomic mass is 19.1. The van der Waals surface area contributed by atoms with E-state index in [0.717, 1.165) is 22.2 Å². The summed E-state index contributed by atoms with van der Waals surface area (Å²) in [6.45, 7) is -0.574. The summed E-state index contributed by atoms with van der Waals surface area (Å²) in [6, 6.07) is 26.9. The minimum atomic E-state index is -0.574. The van der Waals surface area contributed by atoms with Gasteiger partial charge in [-0.25, -0.2) is 14.4 Å². The van der Waals surface area contributed by atoms with E-state index >= 15 is 0 Å². The smallest absolute Gasteiger partial charge is 0.162 e. The minimum absolute atomic E-state index is 0.475. The molecule has 0 aliphatic rings. The molecule has 2 heterocycles. The van der Waals surface area contributed by atoms with E-state index in [4.69, 9.17) is 4.98 Å². The molecule has 0 saturated carbocycles. The van der Waals surface area contributed by atoms with Crippen molar-refractivity contribution in [3.8, 4) is 22.6 Å². The van der Waals surface area contributed by atoms with Crippen LogP contribution in [0.4, 0.5) is 16.0 Å². The molecule has 0 radical (unpaired) electrons. The number of fused-ring (bicyclic) bond motifs is 1. The van der Waals surface area contributed by atoms with Crippen molar-refractivity contribution in [1.82, 2.24) is 20.2 Å². The van der Waals surface area contributed by atoms with E-state index in [2.05, 4.69) is 20.5 Å². The van der Waals surface area contributed by atoms with Crippen molar-refractivity contribution in [2.45, 2.75) is 6.67 Å². The van der Waals surface area contributed by atoms with Crippen LogP contribution in [0.15, 0.2) is 84.9 Å². The van der Waals surface area contributed by atoms with Crippen LogP contribution in [0.3, 0.4) is 0 Å². The van der Waals surface area contributed by atoms with Gasteiger partial charge in [0.2, 0.25) is 0 Å². The van der Waals surface area contributed by atoms with Crippen molar-refractivity contribution in [1.29, 1.82) is 0 Å². The summed E-state index contributed by atoms with van der Waals surface area (Å²) in [5, 5.41) is 11.6. The van der Waals surface area contributed by atoms with Crippen molar-refractivity contribution in [2.75, 3.05) is 5.32 Å². The first kappa shape index (κ1) is 18.0. The number of nitrogens with one attached hydrogen (secondary N) is 2. The van der Waals surface area contributed by atoms with Gasteiger partial charge in [0.1, 0.15) is 12.5 Å². The van der Waals surface area contributed by atoms with Crippen molar-refractivity contribution < 1.29 is 4.39 Å². The van der Waals surface area contributed by atoms with Gasteiger partial charge in [-0.1, -0.05) is 66.7 Å². The summed E-state index contributed by atoms with van der Waals surface area (Å²) in [5.41, 5.74) is 3.96. The Labute approximate surface area is 172 Å². The largest absolute Gasteiger partial charge is 0.323 e. The van der Waals surface area contributed by atoms with Crippen LogP contribution in [0.2, 0.25) is 0 Å². The number of benzene rings is 3. The monoisotopic (exact) mass is 395 g/mol. The van der Waals surface area contributed by atoms with Gasteiger partial charge in [0.05, 0.1) is 11.2 Å². The van der Waals surface area contributed by atoms with Gasteiger partial charge in [-0.3, -0.25) is 5.10 Å². The summed E-state index contributed by atoms with van der Waals surface area (Å²) < 4.78 is 13.5. The Kier molecular flexibility index (Phi) is 4.65. The number of H-pyrrole nitrogens is 1. The number of aromatic amines is 1. The van der Waals surface area contributed by atoms with Crippen LogP contribution >= 0.6 is 0 Å². The topological polar surface area (TPSA) is 66.5 Å². The number of anilines is 2. The van der Waals surface area contributed by atoms with Gasteiger partial charge < -0.3 is 5.32 Å². The quantitative estimate of drug-likeness (QED) is 0.389. The average molecular weight is 395 g/mol. The highest BCUT2D eigenvalue weighted by Gasteiger charge is 2.13. The third-order valence-corrected chi connectivity index (χ3v) is 4.91. The zero-order valence-electron chi connectivity index (χ0n) is 16.0. The zero-order chi connectivity index (χ0) is 20.3. The number of para-hydroxylation sites is 1. The molecular weight excluding hydrogens is 377 g/mol. The summed E-state index contributed by atoms with van der Waals surface area (Å²) in [4.78, 5) is 9.38. The predicted octanol–water partition coefficient (Wildman–Crippen LogP) is 5.90. The van der Waals surface area contributed by atoms with Crippen LogP contribution in [-0.2, 0) is 6.67 Å². The lowest BCUT2D eigenvalue weighted by atomic mass is 10.1. The van der Waals surface area contributed by atoms with Gasteiger partial charge in [0.25, 0.3) is 0 Å². The molecule has 0 fully saturated rings. The van der Waals surface area contributed by atoms with Gasteiger partial charge >= 0.3 is 0 Å². The Morgan fingerprint density at radius 3 is 2.47 bits per heavy atom. The number of hydrogen-bond donors (Lipinski definition) is 2. The third-order valence-electron chi connectivity index (χ3n) is 4.91. The number of aromatic nitrogens is 4. The van der Waals surface area contributed by atoms with E-state index in [0.29, 0.717) is 28.6 Å². The van der Waals surface area contributed by atoms with E-state index in [1.807, 2.05) is 78.9 Å². The van der Waals surface area contributed by atoms with Crippen LogP contribution in [0.1, 0.15) is 5.56 Å². The van der Waals surface area contributed by atoms with Gasteiger partial charge in [-0.05, 0) is 23.3 Å². The summed E-state index contributed by atoms with van der Waals surface area (Å²) in [5.74, 6) is 1.74. The molecule has 3 aromatic carbocycles. The molecule has 0 atom stereocenters. The predicted molar refractivity (Wildman–Crippen MR) is 117 cm³/mol. The van der Waals surface area contributed by atoms with Crippen molar-refractivity contribution >= 4 is 22.5 Å². The van der Waals surface area contributed by atoms with E-state index in [1.165, 1.54) is 0 Å². The molecule has 0 saturated heterocycles. The maximum absolute atomic E-state index is 13.5. The second-order valence-electron chi connectivity index (χ2n) is 6.86. The molecule has 0 aliphatic heterocycles. The Hall–Kier alpha value is -4.06. The minimum Gasteiger partial charge on any atom is -0.323 e.